The van der Waals surface area contributed by atoms with E-state index in [0.29, 0.717) is 5.75 Å². The summed E-state index contributed by atoms with van der Waals surface area (Å²) < 4.78 is 29.9. The first-order valence-corrected chi connectivity index (χ1v) is 9.30. The predicted octanol–water partition coefficient (Wildman–Crippen LogP) is 2.39. The Morgan fingerprint density at radius 1 is 1.04 bits per heavy atom. The van der Waals surface area contributed by atoms with Gasteiger partial charge >= 0.3 is 0 Å². The van der Waals surface area contributed by atoms with Crippen LogP contribution in [0.1, 0.15) is 23.6 Å². The number of sulfonamides is 1. The van der Waals surface area contributed by atoms with E-state index in [2.05, 4.69) is 10.3 Å². The Balaban J connectivity index is 1.99. The maximum absolute atomic E-state index is 12.2. The molecule has 0 unspecified atom stereocenters. The highest BCUT2D eigenvalue weighted by Crippen LogP contribution is 2.21. The van der Waals surface area contributed by atoms with Crippen LogP contribution in [0.15, 0.2) is 47.4 Å². The van der Waals surface area contributed by atoms with Crippen LogP contribution in [0, 0.1) is 20.8 Å². The Morgan fingerprint density at radius 2 is 1.68 bits per heavy atom. The standard InChI is InChI=1S/C18H22N2O4S/c1-12-8-10-16(11-9-12)25(22,23)20-19-18(21)15(4)24-17-7-5-6-13(2)14(17)3/h5-11,15,20H,1-4H3,(H,19,21)/t15-/m1/s1. The van der Waals surface area contributed by atoms with Gasteiger partial charge in [0.2, 0.25) is 0 Å². The minimum atomic E-state index is -3.83. The van der Waals surface area contributed by atoms with Crippen molar-refractivity contribution in [2.45, 2.75) is 38.7 Å². The first-order valence-electron chi connectivity index (χ1n) is 7.82. The van der Waals surface area contributed by atoms with Crippen LogP contribution < -0.4 is 15.0 Å². The van der Waals surface area contributed by atoms with Gasteiger partial charge in [-0.1, -0.05) is 29.8 Å². The molecule has 7 heteroatoms. The van der Waals surface area contributed by atoms with Gasteiger partial charge in [0, 0.05) is 0 Å². The van der Waals surface area contributed by atoms with Gasteiger partial charge in [-0.2, -0.15) is 0 Å². The number of hydrazine groups is 1. The molecule has 1 amide bonds. The van der Waals surface area contributed by atoms with Gasteiger partial charge in [-0.05, 0) is 57.0 Å². The van der Waals surface area contributed by atoms with E-state index in [1.54, 1.807) is 25.1 Å². The molecular weight excluding hydrogens is 340 g/mol. The van der Waals surface area contributed by atoms with E-state index in [1.807, 2.05) is 32.9 Å². The van der Waals surface area contributed by atoms with Crippen molar-refractivity contribution in [1.29, 1.82) is 0 Å². The minimum absolute atomic E-state index is 0.0708. The molecule has 0 radical (unpaired) electrons. The second kappa shape index (κ2) is 7.67. The zero-order chi connectivity index (χ0) is 18.6. The van der Waals surface area contributed by atoms with Crippen molar-refractivity contribution >= 4 is 15.9 Å². The lowest BCUT2D eigenvalue weighted by Crippen LogP contribution is -2.47. The van der Waals surface area contributed by atoms with E-state index in [9.17, 15) is 13.2 Å². The fourth-order valence-corrected chi connectivity index (χ4v) is 2.94. The molecule has 0 saturated carbocycles. The molecule has 0 fully saturated rings. The smallest absolute Gasteiger partial charge is 0.275 e. The second-order valence-electron chi connectivity index (χ2n) is 5.87. The number of hydrogen-bond acceptors (Lipinski definition) is 4. The van der Waals surface area contributed by atoms with Crippen molar-refractivity contribution < 1.29 is 17.9 Å². The number of rotatable bonds is 6. The molecule has 2 rings (SSSR count). The molecule has 25 heavy (non-hydrogen) atoms. The van der Waals surface area contributed by atoms with Gasteiger partial charge in [0.15, 0.2) is 6.10 Å². The predicted molar refractivity (Wildman–Crippen MR) is 95.6 cm³/mol. The van der Waals surface area contributed by atoms with Crippen LogP contribution in [-0.2, 0) is 14.8 Å². The normalized spacial score (nSPS) is 12.5. The lowest BCUT2D eigenvalue weighted by Gasteiger charge is -2.17. The lowest BCUT2D eigenvalue weighted by molar-refractivity contribution is -0.127. The summed E-state index contributed by atoms with van der Waals surface area (Å²) in [6.45, 7) is 7.26. The highest BCUT2D eigenvalue weighted by molar-refractivity contribution is 7.89. The number of ether oxygens (including phenoxy) is 1. The summed E-state index contributed by atoms with van der Waals surface area (Å²) in [5.41, 5.74) is 5.11. The van der Waals surface area contributed by atoms with Crippen LogP contribution in [-0.4, -0.2) is 20.4 Å². The highest BCUT2D eigenvalue weighted by atomic mass is 32.2. The van der Waals surface area contributed by atoms with Crippen molar-refractivity contribution in [1.82, 2.24) is 10.3 Å². The van der Waals surface area contributed by atoms with Crippen molar-refractivity contribution in [3.8, 4) is 5.75 Å². The SMILES string of the molecule is Cc1ccc(S(=O)(=O)NNC(=O)[C@@H](C)Oc2cccc(C)c2C)cc1. The Hall–Kier alpha value is -2.38. The monoisotopic (exact) mass is 362 g/mol. The first kappa shape index (κ1) is 19.0. The molecule has 2 aromatic rings. The molecule has 2 N–H and O–H groups in total. The molecule has 0 aromatic heterocycles. The zero-order valence-corrected chi connectivity index (χ0v) is 15.5. The first-order chi connectivity index (χ1) is 11.7. The molecule has 6 nitrogen and oxygen atoms in total. The van der Waals surface area contributed by atoms with E-state index < -0.39 is 22.0 Å². The summed E-state index contributed by atoms with van der Waals surface area (Å²) in [7, 11) is -3.83. The third kappa shape index (κ3) is 4.80. The number of nitrogens with one attached hydrogen (secondary N) is 2. The fourth-order valence-electron chi connectivity index (χ4n) is 2.09. The molecule has 2 aromatic carbocycles. The zero-order valence-electron chi connectivity index (χ0n) is 14.7. The van der Waals surface area contributed by atoms with Crippen LogP contribution >= 0.6 is 0 Å². The number of benzene rings is 2. The summed E-state index contributed by atoms with van der Waals surface area (Å²) in [6.07, 6.45) is -0.860. The molecule has 1 atom stereocenters. The van der Waals surface area contributed by atoms with Crippen LogP contribution in [0.5, 0.6) is 5.75 Å². The Bertz CT molecular complexity index is 861. The van der Waals surface area contributed by atoms with Gasteiger partial charge in [-0.15, -0.1) is 4.83 Å². The number of amides is 1. The molecule has 0 bridgehead atoms. The minimum Gasteiger partial charge on any atom is -0.481 e. The van der Waals surface area contributed by atoms with Gasteiger partial charge in [-0.3, -0.25) is 10.2 Å². The van der Waals surface area contributed by atoms with Crippen LogP contribution in [0.2, 0.25) is 0 Å². The summed E-state index contributed by atoms with van der Waals surface area (Å²) >= 11 is 0. The molecule has 0 heterocycles. The van der Waals surface area contributed by atoms with Crippen molar-refractivity contribution in [2.75, 3.05) is 0 Å². The molecule has 0 spiro atoms. The number of hydrogen-bond donors (Lipinski definition) is 2. The number of aryl methyl sites for hydroxylation is 2. The van der Waals surface area contributed by atoms with E-state index >= 15 is 0 Å². The molecule has 0 aliphatic heterocycles. The molecule has 134 valence electrons. The summed E-state index contributed by atoms with van der Waals surface area (Å²) in [6, 6.07) is 11.9. The lowest BCUT2D eigenvalue weighted by atomic mass is 10.1. The summed E-state index contributed by atoms with van der Waals surface area (Å²) in [5, 5.41) is 0. The number of carbonyl (C=O) groups is 1. The average molecular weight is 362 g/mol. The van der Waals surface area contributed by atoms with Crippen LogP contribution in [0.3, 0.4) is 0 Å². The van der Waals surface area contributed by atoms with E-state index in [1.165, 1.54) is 12.1 Å². The quantitative estimate of drug-likeness (QED) is 0.773. The highest BCUT2D eigenvalue weighted by Gasteiger charge is 2.19. The second-order valence-corrected chi connectivity index (χ2v) is 7.55. The Kier molecular flexibility index (Phi) is 5.81. The topological polar surface area (TPSA) is 84.5 Å². The molecule has 0 aliphatic carbocycles. The van der Waals surface area contributed by atoms with Gasteiger partial charge < -0.3 is 4.74 Å². The van der Waals surface area contributed by atoms with Gasteiger partial charge in [0.1, 0.15) is 5.75 Å². The average Bonchev–Trinajstić information content (AvgIpc) is 2.57. The van der Waals surface area contributed by atoms with Gasteiger partial charge in [0.25, 0.3) is 15.9 Å². The van der Waals surface area contributed by atoms with Crippen molar-refractivity contribution in [3.05, 3.63) is 59.2 Å². The third-order valence-corrected chi connectivity index (χ3v) is 5.13. The van der Waals surface area contributed by atoms with Crippen LogP contribution in [0.25, 0.3) is 0 Å². The summed E-state index contributed by atoms with van der Waals surface area (Å²) in [5.74, 6) is 0.000588. The van der Waals surface area contributed by atoms with Crippen LogP contribution in [0.4, 0.5) is 0 Å². The molecular formula is C18H22N2O4S. The van der Waals surface area contributed by atoms with Crippen molar-refractivity contribution in [2.24, 2.45) is 0 Å². The van der Waals surface area contributed by atoms with Gasteiger partial charge in [0.05, 0.1) is 4.90 Å². The van der Waals surface area contributed by atoms with E-state index in [4.69, 9.17) is 4.74 Å². The van der Waals surface area contributed by atoms with Gasteiger partial charge in [-0.25, -0.2) is 8.42 Å². The largest absolute Gasteiger partial charge is 0.481 e. The van der Waals surface area contributed by atoms with E-state index in [-0.39, 0.29) is 4.90 Å². The maximum atomic E-state index is 12.2. The third-order valence-electron chi connectivity index (χ3n) is 3.87. The molecule has 0 saturated heterocycles. The number of carbonyl (C=O) groups excluding carboxylic acids is 1. The molecule has 0 aliphatic rings. The Morgan fingerprint density at radius 3 is 2.32 bits per heavy atom. The maximum Gasteiger partial charge on any atom is 0.275 e. The summed E-state index contributed by atoms with van der Waals surface area (Å²) in [4.78, 5) is 14.3. The van der Waals surface area contributed by atoms with Crippen molar-refractivity contribution in [3.63, 3.8) is 0 Å². The van der Waals surface area contributed by atoms with E-state index in [0.717, 1.165) is 16.7 Å². The fraction of sp³-hybridized carbons (Fsp3) is 0.278. The Labute approximate surface area is 148 Å².